The molecular weight excluding hydrogens is 435 g/mol. The number of benzene rings is 2. The lowest BCUT2D eigenvalue weighted by atomic mass is 10.1. The van der Waals surface area contributed by atoms with Crippen LogP contribution in [0, 0.1) is 12.7 Å². The van der Waals surface area contributed by atoms with Crippen molar-refractivity contribution in [1.29, 1.82) is 0 Å². The lowest BCUT2D eigenvalue weighted by molar-refractivity contribution is 0.0950. The van der Waals surface area contributed by atoms with Crippen LogP contribution in [0.1, 0.15) is 34.3 Å². The number of carbonyl (C=O) groups is 1. The summed E-state index contributed by atoms with van der Waals surface area (Å²) in [6.45, 7) is 2.81. The number of aryl methyl sites for hydroxylation is 1. The number of hydrogen-bond acceptors (Lipinski definition) is 3. The van der Waals surface area contributed by atoms with E-state index in [4.69, 9.17) is 0 Å². The first kappa shape index (κ1) is 20.0. The largest absolute Gasteiger partial charge is 0.348 e. The molecule has 0 bridgehead atoms. The second-order valence-electron chi connectivity index (χ2n) is 6.52. The zero-order valence-electron chi connectivity index (χ0n) is 14.8. The van der Waals surface area contributed by atoms with Crippen LogP contribution in [0.15, 0.2) is 45.8 Å². The van der Waals surface area contributed by atoms with Crippen molar-refractivity contribution in [3.05, 3.63) is 63.4 Å². The lowest BCUT2D eigenvalue weighted by Gasteiger charge is -2.16. The van der Waals surface area contributed by atoms with Gasteiger partial charge in [-0.3, -0.25) is 4.79 Å². The summed E-state index contributed by atoms with van der Waals surface area (Å²) in [5.74, 6) is -0.761. The zero-order chi connectivity index (χ0) is 19.6. The normalized spacial score (nSPS) is 15.1. The molecule has 144 valence electrons. The minimum Gasteiger partial charge on any atom is -0.348 e. The Morgan fingerprint density at radius 1 is 1.19 bits per heavy atom. The van der Waals surface area contributed by atoms with Gasteiger partial charge in [0.2, 0.25) is 10.0 Å². The van der Waals surface area contributed by atoms with Gasteiger partial charge >= 0.3 is 0 Å². The molecule has 0 aromatic heterocycles. The number of nitrogens with one attached hydrogen (secondary N) is 1. The van der Waals surface area contributed by atoms with E-state index in [1.54, 1.807) is 25.1 Å². The molecule has 1 fully saturated rings. The van der Waals surface area contributed by atoms with E-state index < -0.39 is 15.9 Å². The summed E-state index contributed by atoms with van der Waals surface area (Å²) < 4.78 is 41.0. The first-order valence-electron chi connectivity index (χ1n) is 8.62. The van der Waals surface area contributed by atoms with Gasteiger partial charge in [0.15, 0.2) is 0 Å². The van der Waals surface area contributed by atoms with E-state index in [0.29, 0.717) is 28.7 Å². The van der Waals surface area contributed by atoms with Gasteiger partial charge in [0.1, 0.15) is 5.82 Å². The highest BCUT2D eigenvalue weighted by atomic mass is 79.9. The highest BCUT2D eigenvalue weighted by molar-refractivity contribution is 9.10. The molecule has 27 heavy (non-hydrogen) atoms. The number of rotatable bonds is 5. The van der Waals surface area contributed by atoms with E-state index in [9.17, 15) is 17.6 Å². The molecule has 1 saturated heterocycles. The van der Waals surface area contributed by atoms with Crippen LogP contribution in [0.5, 0.6) is 0 Å². The van der Waals surface area contributed by atoms with Crippen LogP contribution in [-0.4, -0.2) is 31.7 Å². The highest BCUT2D eigenvalue weighted by Crippen LogP contribution is 2.25. The van der Waals surface area contributed by atoms with Gasteiger partial charge in [-0.05, 0) is 71.1 Å². The number of halogens is 2. The fourth-order valence-corrected chi connectivity index (χ4v) is 4.91. The van der Waals surface area contributed by atoms with Gasteiger partial charge in [-0.1, -0.05) is 12.1 Å². The van der Waals surface area contributed by atoms with Crippen LogP contribution in [0.3, 0.4) is 0 Å². The minimum atomic E-state index is -3.61. The van der Waals surface area contributed by atoms with Gasteiger partial charge in [0.05, 0.1) is 10.5 Å². The number of carbonyl (C=O) groups excluding carboxylic acids is 1. The van der Waals surface area contributed by atoms with Crippen molar-refractivity contribution in [3.8, 4) is 0 Å². The van der Waals surface area contributed by atoms with Crippen molar-refractivity contribution in [3.63, 3.8) is 0 Å². The van der Waals surface area contributed by atoms with Gasteiger partial charge in [-0.2, -0.15) is 4.31 Å². The van der Waals surface area contributed by atoms with E-state index in [-0.39, 0.29) is 22.8 Å². The number of amides is 1. The van der Waals surface area contributed by atoms with Crippen LogP contribution >= 0.6 is 15.9 Å². The average Bonchev–Trinajstić information content (AvgIpc) is 3.18. The van der Waals surface area contributed by atoms with E-state index in [2.05, 4.69) is 21.2 Å². The third-order valence-corrected chi connectivity index (χ3v) is 7.16. The summed E-state index contributed by atoms with van der Waals surface area (Å²) in [4.78, 5) is 12.6. The van der Waals surface area contributed by atoms with Gasteiger partial charge < -0.3 is 5.32 Å². The maximum atomic E-state index is 13.6. The monoisotopic (exact) mass is 454 g/mol. The lowest BCUT2D eigenvalue weighted by Crippen LogP contribution is -2.28. The standard InChI is InChI=1S/C19H20BrFN2O3S/c1-13-4-5-14(10-18(13)21)12-22-19(24)16-11-15(6-7-17(16)20)27(25,26)23-8-2-3-9-23/h4-7,10-11H,2-3,8-9,12H2,1H3,(H,22,24). The molecule has 0 radical (unpaired) electrons. The van der Waals surface area contributed by atoms with E-state index in [0.717, 1.165) is 12.8 Å². The highest BCUT2D eigenvalue weighted by Gasteiger charge is 2.28. The van der Waals surface area contributed by atoms with Crippen LogP contribution in [-0.2, 0) is 16.6 Å². The van der Waals surface area contributed by atoms with Gasteiger partial charge in [0, 0.05) is 24.1 Å². The van der Waals surface area contributed by atoms with E-state index in [1.165, 1.54) is 22.5 Å². The number of nitrogens with zero attached hydrogens (tertiary/aromatic N) is 1. The minimum absolute atomic E-state index is 0.0964. The number of sulfonamides is 1. The van der Waals surface area contributed by atoms with Crippen molar-refractivity contribution >= 4 is 31.9 Å². The Hall–Kier alpha value is -1.77. The molecule has 3 rings (SSSR count). The molecule has 8 heteroatoms. The Morgan fingerprint density at radius 2 is 1.89 bits per heavy atom. The van der Waals surface area contributed by atoms with E-state index in [1.807, 2.05) is 0 Å². The summed E-state index contributed by atoms with van der Waals surface area (Å²) in [6.07, 6.45) is 1.69. The summed E-state index contributed by atoms with van der Waals surface area (Å²) in [5.41, 5.74) is 1.39. The molecule has 1 heterocycles. The first-order chi connectivity index (χ1) is 12.8. The van der Waals surface area contributed by atoms with Crippen LogP contribution < -0.4 is 5.32 Å². The van der Waals surface area contributed by atoms with Gasteiger partial charge in [0.25, 0.3) is 5.91 Å². The second kappa shape index (κ2) is 8.08. The molecule has 0 atom stereocenters. The molecular formula is C19H20BrFN2O3S. The molecule has 0 unspecified atom stereocenters. The van der Waals surface area contributed by atoms with Crippen molar-refractivity contribution in [1.82, 2.24) is 9.62 Å². The molecule has 1 aliphatic heterocycles. The van der Waals surface area contributed by atoms with Crippen LogP contribution in [0.25, 0.3) is 0 Å². The Bertz CT molecular complexity index is 973. The van der Waals surface area contributed by atoms with Crippen molar-refractivity contribution in [2.24, 2.45) is 0 Å². The molecule has 2 aromatic carbocycles. The predicted octanol–water partition coefficient (Wildman–Crippen LogP) is 3.61. The molecule has 1 amide bonds. The molecule has 5 nitrogen and oxygen atoms in total. The fourth-order valence-electron chi connectivity index (χ4n) is 2.94. The Balaban J connectivity index is 1.79. The average molecular weight is 455 g/mol. The summed E-state index contributed by atoms with van der Waals surface area (Å²) >= 11 is 3.30. The number of hydrogen-bond donors (Lipinski definition) is 1. The smallest absolute Gasteiger partial charge is 0.252 e. The summed E-state index contributed by atoms with van der Waals surface area (Å²) in [6, 6.07) is 9.19. The Labute approximate surface area is 166 Å². The van der Waals surface area contributed by atoms with Crippen LogP contribution in [0.2, 0.25) is 0 Å². The third-order valence-electron chi connectivity index (χ3n) is 4.57. The summed E-state index contributed by atoms with van der Waals surface area (Å²) in [7, 11) is -3.61. The second-order valence-corrected chi connectivity index (χ2v) is 9.31. The summed E-state index contributed by atoms with van der Waals surface area (Å²) in [5, 5.41) is 2.71. The third kappa shape index (κ3) is 4.39. The van der Waals surface area contributed by atoms with Crippen molar-refractivity contribution in [2.45, 2.75) is 31.2 Å². The van der Waals surface area contributed by atoms with Crippen molar-refractivity contribution < 1.29 is 17.6 Å². The zero-order valence-corrected chi connectivity index (χ0v) is 17.2. The van der Waals surface area contributed by atoms with Crippen LogP contribution in [0.4, 0.5) is 4.39 Å². The quantitative estimate of drug-likeness (QED) is 0.749. The Morgan fingerprint density at radius 3 is 2.56 bits per heavy atom. The SMILES string of the molecule is Cc1ccc(CNC(=O)c2cc(S(=O)(=O)N3CCCC3)ccc2Br)cc1F. The molecule has 2 aromatic rings. The predicted molar refractivity (Wildman–Crippen MR) is 104 cm³/mol. The van der Waals surface area contributed by atoms with Crippen molar-refractivity contribution in [2.75, 3.05) is 13.1 Å². The molecule has 0 saturated carbocycles. The maximum Gasteiger partial charge on any atom is 0.252 e. The molecule has 1 aliphatic rings. The first-order valence-corrected chi connectivity index (χ1v) is 10.9. The van der Waals surface area contributed by atoms with Gasteiger partial charge in [-0.15, -0.1) is 0 Å². The topological polar surface area (TPSA) is 66.5 Å². The van der Waals surface area contributed by atoms with E-state index >= 15 is 0 Å². The molecule has 0 aliphatic carbocycles. The molecule has 0 spiro atoms. The molecule has 1 N–H and O–H groups in total. The van der Waals surface area contributed by atoms with Gasteiger partial charge in [-0.25, -0.2) is 12.8 Å². The Kier molecular flexibility index (Phi) is 5.98. The fraction of sp³-hybridized carbons (Fsp3) is 0.316. The maximum absolute atomic E-state index is 13.6.